The fraction of sp³-hybridized carbons (Fsp3) is 0.455. The topological polar surface area (TPSA) is 46.2 Å². The second-order valence-corrected chi connectivity index (χ2v) is 7.07. The molecule has 90 valence electrons. The van der Waals surface area contributed by atoms with Crippen molar-refractivity contribution in [1.29, 1.82) is 0 Å². The largest absolute Gasteiger partial charge is 0.382 e. The van der Waals surface area contributed by atoms with Gasteiger partial charge in [0.25, 0.3) is 0 Å². The predicted octanol–water partition coefficient (Wildman–Crippen LogP) is 2.68. The van der Waals surface area contributed by atoms with E-state index < -0.39 is 9.84 Å². The summed E-state index contributed by atoms with van der Waals surface area (Å²) in [5.41, 5.74) is 0.924. The SMILES string of the molecule is CCS(=O)(=O)CC(C)Nc1cccc(Br)c1. The molecule has 0 saturated carbocycles. The highest BCUT2D eigenvalue weighted by atomic mass is 79.9. The Bertz CT molecular complexity index is 445. The van der Waals surface area contributed by atoms with Gasteiger partial charge >= 0.3 is 0 Å². The molecule has 0 bridgehead atoms. The van der Waals surface area contributed by atoms with Crippen LogP contribution in [0.15, 0.2) is 28.7 Å². The van der Waals surface area contributed by atoms with Gasteiger partial charge in [-0.15, -0.1) is 0 Å². The molecule has 16 heavy (non-hydrogen) atoms. The van der Waals surface area contributed by atoms with Crippen molar-refractivity contribution in [2.75, 3.05) is 16.8 Å². The maximum atomic E-state index is 11.4. The third kappa shape index (κ3) is 4.53. The zero-order chi connectivity index (χ0) is 12.2. The van der Waals surface area contributed by atoms with Crippen molar-refractivity contribution in [2.45, 2.75) is 19.9 Å². The summed E-state index contributed by atoms with van der Waals surface area (Å²) in [5.74, 6) is 0.355. The Morgan fingerprint density at radius 2 is 2.12 bits per heavy atom. The molecular formula is C11H16BrNO2S. The second kappa shape index (κ2) is 5.68. The van der Waals surface area contributed by atoms with Gasteiger partial charge in [0.2, 0.25) is 0 Å². The van der Waals surface area contributed by atoms with Crippen LogP contribution in [-0.4, -0.2) is 26.0 Å². The molecule has 0 aromatic heterocycles. The van der Waals surface area contributed by atoms with Gasteiger partial charge in [-0.1, -0.05) is 28.9 Å². The molecule has 3 nitrogen and oxygen atoms in total. The van der Waals surface area contributed by atoms with Crippen molar-refractivity contribution in [3.05, 3.63) is 28.7 Å². The van der Waals surface area contributed by atoms with E-state index in [1.165, 1.54) is 0 Å². The first kappa shape index (κ1) is 13.5. The van der Waals surface area contributed by atoms with Crippen LogP contribution in [0.1, 0.15) is 13.8 Å². The molecule has 1 N–H and O–H groups in total. The highest BCUT2D eigenvalue weighted by molar-refractivity contribution is 9.10. The minimum absolute atomic E-state index is 0.0840. The monoisotopic (exact) mass is 305 g/mol. The van der Waals surface area contributed by atoms with Crippen LogP contribution in [0.25, 0.3) is 0 Å². The quantitative estimate of drug-likeness (QED) is 0.910. The molecule has 1 atom stereocenters. The molecule has 0 saturated heterocycles. The van der Waals surface area contributed by atoms with E-state index in [0.29, 0.717) is 0 Å². The van der Waals surface area contributed by atoms with Crippen molar-refractivity contribution in [3.63, 3.8) is 0 Å². The second-order valence-electron chi connectivity index (χ2n) is 3.75. The van der Waals surface area contributed by atoms with Crippen LogP contribution in [0.2, 0.25) is 0 Å². The van der Waals surface area contributed by atoms with Crippen LogP contribution in [-0.2, 0) is 9.84 Å². The zero-order valence-electron chi connectivity index (χ0n) is 9.40. The molecule has 0 amide bonds. The molecule has 0 heterocycles. The first-order chi connectivity index (χ1) is 7.43. The first-order valence-corrected chi connectivity index (χ1v) is 7.77. The van der Waals surface area contributed by atoms with Crippen molar-refractivity contribution >= 4 is 31.5 Å². The minimum Gasteiger partial charge on any atom is -0.382 e. The van der Waals surface area contributed by atoms with Gasteiger partial charge in [-0.05, 0) is 25.1 Å². The highest BCUT2D eigenvalue weighted by Crippen LogP contribution is 2.16. The summed E-state index contributed by atoms with van der Waals surface area (Å²) in [6, 6.07) is 7.60. The highest BCUT2D eigenvalue weighted by Gasteiger charge is 2.13. The van der Waals surface area contributed by atoms with Crippen LogP contribution < -0.4 is 5.32 Å². The van der Waals surface area contributed by atoms with Crippen LogP contribution in [0.3, 0.4) is 0 Å². The smallest absolute Gasteiger partial charge is 0.152 e. The molecule has 1 aromatic carbocycles. The predicted molar refractivity (Wildman–Crippen MR) is 71.6 cm³/mol. The lowest BCUT2D eigenvalue weighted by Crippen LogP contribution is -2.26. The minimum atomic E-state index is -2.92. The van der Waals surface area contributed by atoms with Gasteiger partial charge in [-0.3, -0.25) is 0 Å². The van der Waals surface area contributed by atoms with Gasteiger partial charge in [-0.25, -0.2) is 8.42 Å². The summed E-state index contributed by atoms with van der Waals surface area (Å²) in [4.78, 5) is 0. The van der Waals surface area contributed by atoms with Crippen molar-refractivity contribution in [2.24, 2.45) is 0 Å². The summed E-state index contributed by atoms with van der Waals surface area (Å²) in [6.45, 7) is 3.54. The van der Waals surface area contributed by atoms with Gasteiger partial charge in [0.1, 0.15) is 0 Å². The third-order valence-corrected chi connectivity index (χ3v) is 4.56. The number of halogens is 1. The normalized spacial score (nSPS) is 13.4. The number of benzene rings is 1. The molecule has 0 aliphatic heterocycles. The van der Waals surface area contributed by atoms with Crippen molar-refractivity contribution < 1.29 is 8.42 Å². The van der Waals surface area contributed by atoms with Crippen molar-refractivity contribution in [3.8, 4) is 0 Å². The molecule has 5 heteroatoms. The zero-order valence-corrected chi connectivity index (χ0v) is 11.8. The number of nitrogens with one attached hydrogen (secondary N) is 1. The number of hydrogen-bond donors (Lipinski definition) is 1. The molecule has 1 rings (SSSR count). The molecule has 1 aromatic rings. The van der Waals surface area contributed by atoms with E-state index in [9.17, 15) is 8.42 Å². The van der Waals surface area contributed by atoms with Gasteiger partial charge < -0.3 is 5.32 Å². The van der Waals surface area contributed by atoms with Gasteiger partial charge in [0, 0.05) is 22.0 Å². The molecule has 0 radical (unpaired) electrons. The summed E-state index contributed by atoms with van der Waals surface area (Å²) >= 11 is 3.37. The Labute approximate surface area is 105 Å². The van der Waals surface area contributed by atoms with Crippen LogP contribution in [0, 0.1) is 0 Å². The molecule has 0 spiro atoms. The fourth-order valence-electron chi connectivity index (χ4n) is 1.40. The summed E-state index contributed by atoms with van der Waals surface area (Å²) < 4.78 is 23.8. The maximum absolute atomic E-state index is 11.4. The molecule has 0 aliphatic carbocycles. The lowest BCUT2D eigenvalue weighted by Gasteiger charge is -2.15. The Morgan fingerprint density at radius 1 is 1.44 bits per heavy atom. The van der Waals surface area contributed by atoms with Crippen LogP contribution in [0.5, 0.6) is 0 Å². The van der Waals surface area contributed by atoms with E-state index in [-0.39, 0.29) is 17.5 Å². The maximum Gasteiger partial charge on any atom is 0.152 e. The van der Waals surface area contributed by atoms with Crippen LogP contribution in [0.4, 0.5) is 5.69 Å². The Balaban J connectivity index is 2.62. The Morgan fingerprint density at radius 3 is 2.69 bits per heavy atom. The summed E-state index contributed by atoms with van der Waals surface area (Å²) in [7, 11) is -2.92. The first-order valence-electron chi connectivity index (χ1n) is 5.15. The molecule has 0 fully saturated rings. The Kier molecular flexibility index (Phi) is 4.80. The fourth-order valence-corrected chi connectivity index (χ4v) is 2.88. The average Bonchev–Trinajstić information content (AvgIpc) is 2.16. The summed E-state index contributed by atoms with van der Waals surface area (Å²) in [5, 5.41) is 3.16. The summed E-state index contributed by atoms with van der Waals surface area (Å²) in [6.07, 6.45) is 0. The van der Waals surface area contributed by atoms with E-state index in [2.05, 4.69) is 21.2 Å². The third-order valence-electron chi connectivity index (χ3n) is 2.18. The van der Waals surface area contributed by atoms with E-state index >= 15 is 0 Å². The number of sulfone groups is 1. The van der Waals surface area contributed by atoms with Gasteiger partial charge in [0.05, 0.1) is 5.75 Å². The van der Waals surface area contributed by atoms with Gasteiger partial charge in [0.15, 0.2) is 9.84 Å². The number of anilines is 1. The van der Waals surface area contributed by atoms with Crippen LogP contribution >= 0.6 is 15.9 Å². The Hall–Kier alpha value is -0.550. The lowest BCUT2D eigenvalue weighted by atomic mass is 10.3. The van der Waals surface area contributed by atoms with E-state index in [4.69, 9.17) is 0 Å². The van der Waals surface area contributed by atoms with E-state index in [1.54, 1.807) is 6.92 Å². The molecular weight excluding hydrogens is 290 g/mol. The van der Waals surface area contributed by atoms with E-state index in [0.717, 1.165) is 10.2 Å². The van der Waals surface area contributed by atoms with E-state index in [1.807, 2.05) is 31.2 Å². The number of rotatable bonds is 5. The van der Waals surface area contributed by atoms with Crippen molar-refractivity contribution in [1.82, 2.24) is 0 Å². The molecule has 0 aliphatic rings. The average molecular weight is 306 g/mol. The standard InChI is InChI=1S/C11H16BrNO2S/c1-3-16(14,15)8-9(2)13-11-6-4-5-10(12)7-11/h4-7,9,13H,3,8H2,1-2H3. The number of hydrogen-bond acceptors (Lipinski definition) is 3. The van der Waals surface area contributed by atoms with Gasteiger partial charge in [-0.2, -0.15) is 0 Å². The molecule has 1 unspecified atom stereocenters. The lowest BCUT2D eigenvalue weighted by molar-refractivity contribution is 0.593.